The van der Waals surface area contributed by atoms with Crippen LogP contribution in [0.2, 0.25) is 0 Å². The lowest BCUT2D eigenvalue weighted by molar-refractivity contribution is -0.384. The number of amides is 4. The zero-order chi connectivity index (χ0) is 26.5. The molecule has 1 aliphatic carbocycles. The maximum Gasteiger partial charge on any atom is 0.331 e. The van der Waals surface area contributed by atoms with Crippen LogP contribution in [0.5, 0.6) is 11.5 Å². The molecule has 37 heavy (non-hydrogen) atoms. The molecule has 1 heterocycles. The minimum atomic E-state index is -0.745. The number of imide groups is 2. The molecular formula is C26H26BrN3O7. The van der Waals surface area contributed by atoms with Gasteiger partial charge in [0.05, 0.1) is 11.5 Å². The van der Waals surface area contributed by atoms with Gasteiger partial charge in [-0.05, 0) is 61.2 Å². The van der Waals surface area contributed by atoms with E-state index in [1.54, 1.807) is 24.3 Å². The summed E-state index contributed by atoms with van der Waals surface area (Å²) in [6.45, 7) is 2.30. The highest BCUT2D eigenvalue weighted by atomic mass is 79.9. The molecule has 2 aromatic carbocycles. The lowest BCUT2D eigenvalue weighted by Crippen LogP contribution is -2.58. The predicted molar refractivity (Wildman–Crippen MR) is 138 cm³/mol. The molecule has 0 atom stereocenters. The topological polar surface area (TPSA) is 128 Å². The van der Waals surface area contributed by atoms with Gasteiger partial charge in [0.25, 0.3) is 17.5 Å². The first kappa shape index (κ1) is 26.3. The Labute approximate surface area is 221 Å². The second-order valence-electron chi connectivity index (χ2n) is 8.75. The molecule has 1 saturated carbocycles. The lowest BCUT2D eigenvalue weighted by Gasteiger charge is -2.35. The summed E-state index contributed by atoms with van der Waals surface area (Å²) < 4.78 is 12.2. The average Bonchev–Trinajstić information content (AvgIpc) is 2.88. The molecule has 0 bridgehead atoms. The van der Waals surface area contributed by atoms with E-state index in [0.29, 0.717) is 28.1 Å². The summed E-state index contributed by atoms with van der Waals surface area (Å²) in [7, 11) is 0. The second kappa shape index (κ2) is 11.5. The Hall–Kier alpha value is -3.73. The van der Waals surface area contributed by atoms with Gasteiger partial charge in [-0.25, -0.2) is 4.79 Å². The summed E-state index contributed by atoms with van der Waals surface area (Å²) in [5.74, 6) is -0.551. The van der Waals surface area contributed by atoms with Gasteiger partial charge in [-0.3, -0.25) is 29.9 Å². The summed E-state index contributed by atoms with van der Waals surface area (Å²) in [6, 6.07) is 8.43. The number of non-ortho nitro benzene ring substituents is 1. The number of nitrogens with one attached hydrogen (secondary N) is 1. The van der Waals surface area contributed by atoms with Crippen LogP contribution in [-0.4, -0.2) is 40.3 Å². The number of nitro groups is 1. The third-order valence-electron chi connectivity index (χ3n) is 6.28. The number of carbonyl (C=O) groups is 3. The van der Waals surface area contributed by atoms with Crippen molar-refractivity contribution in [2.45, 2.75) is 51.7 Å². The molecule has 0 unspecified atom stereocenters. The predicted octanol–water partition coefficient (Wildman–Crippen LogP) is 5.13. The van der Waals surface area contributed by atoms with E-state index in [1.807, 2.05) is 6.92 Å². The Morgan fingerprint density at radius 1 is 1.08 bits per heavy atom. The minimum absolute atomic E-state index is 0.0102. The van der Waals surface area contributed by atoms with Crippen LogP contribution in [0, 0.1) is 10.1 Å². The summed E-state index contributed by atoms with van der Waals surface area (Å²) in [5.41, 5.74) is 1.09. The van der Waals surface area contributed by atoms with Gasteiger partial charge in [-0.2, -0.15) is 0 Å². The minimum Gasteiger partial charge on any atom is -0.490 e. The van der Waals surface area contributed by atoms with E-state index >= 15 is 0 Å². The Morgan fingerprint density at radius 2 is 1.76 bits per heavy atom. The zero-order valence-electron chi connectivity index (χ0n) is 20.2. The van der Waals surface area contributed by atoms with Crippen LogP contribution in [0.4, 0.5) is 10.5 Å². The SMILES string of the molecule is CCOc1cc(C=C2C(=O)NC(=O)N(C3CCCCC3)C2=O)c(Br)cc1OCc1ccc([N+](=O)[O-])cc1. The molecule has 194 valence electrons. The molecular weight excluding hydrogens is 546 g/mol. The van der Waals surface area contributed by atoms with Gasteiger partial charge in [0, 0.05) is 22.6 Å². The van der Waals surface area contributed by atoms with E-state index in [2.05, 4.69) is 21.2 Å². The highest BCUT2D eigenvalue weighted by Crippen LogP contribution is 2.36. The number of nitro benzene ring substituents is 1. The molecule has 1 aliphatic heterocycles. The first-order valence-corrected chi connectivity index (χ1v) is 12.8. The number of urea groups is 1. The van der Waals surface area contributed by atoms with Gasteiger partial charge in [-0.1, -0.05) is 35.2 Å². The molecule has 0 aromatic heterocycles. The van der Waals surface area contributed by atoms with Gasteiger partial charge in [0.15, 0.2) is 11.5 Å². The van der Waals surface area contributed by atoms with Crippen molar-refractivity contribution < 1.29 is 28.8 Å². The van der Waals surface area contributed by atoms with E-state index < -0.39 is 22.8 Å². The molecule has 4 rings (SSSR count). The number of ether oxygens (including phenoxy) is 2. The van der Waals surface area contributed by atoms with Crippen LogP contribution in [-0.2, 0) is 16.2 Å². The molecule has 1 N–H and O–H groups in total. The highest BCUT2D eigenvalue weighted by molar-refractivity contribution is 9.10. The lowest BCUT2D eigenvalue weighted by atomic mass is 9.93. The quantitative estimate of drug-likeness (QED) is 0.201. The van der Waals surface area contributed by atoms with Crippen molar-refractivity contribution in [3.05, 3.63) is 67.7 Å². The Balaban J connectivity index is 1.59. The number of hydrogen-bond acceptors (Lipinski definition) is 7. The van der Waals surface area contributed by atoms with Crippen molar-refractivity contribution in [1.82, 2.24) is 10.2 Å². The molecule has 2 aromatic rings. The number of benzene rings is 2. The molecule has 2 fully saturated rings. The van der Waals surface area contributed by atoms with E-state index in [0.717, 1.165) is 37.7 Å². The highest BCUT2D eigenvalue weighted by Gasteiger charge is 2.40. The first-order valence-electron chi connectivity index (χ1n) is 12.0. The number of halogens is 1. The molecule has 2 aliphatic rings. The summed E-state index contributed by atoms with van der Waals surface area (Å²) in [5, 5.41) is 13.2. The molecule has 11 heteroatoms. The van der Waals surface area contributed by atoms with Gasteiger partial charge in [-0.15, -0.1) is 0 Å². The van der Waals surface area contributed by atoms with Crippen LogP contribution in [0.1, 0.15) is 50.2 Å². The van der Waals surface area contributed by atoms with Crippen LogP contribution in [0.3, 0.4) is 0 Å². The maximum absolute atomic E-state index is 13.2. The number of rotatable bonds is 8. The largest absolute Gasteiger partial charge is 0.490 e. The first-order chi connectivity index (χ1) is 17.8. The van der Waals surface area contributed by atoms with Crippen molar-refractivity contribution in [3.8, 4) is 11.5 Å². The van der Waals surface area contributed by atoms with Crippen LogP contribution in [0.25, 0.3) is 6.08 Å². The van der Waals surface area contributed by atoms with Gasteiger partial charge in [0.2, 0.25) is 0 Å². The Morgan fingerprint density at radius 3 is 2.41 bits per heavy atom. The number of hydrogen-bond donors (Lipinski definition) is 1. The molecule has 0 spiro atoms. The van der Waals surface area contributed by atoms with Crippen molar-refractivity contribution in [2.75, 3.05) is 6.61 Å². The van der Waals surface area contributed by atoms with Crippen molar-refractivity contribution in [1.29, 1.82) is 0 Å². The molecule has 1 saturated heterocycles. The van der Waals surface area contributed by atoms with Gasteiger partial charge < -0.3 is 9.47 Å². The molecule has 0 radical (unpaired) electrons. The van der Waals surface area contributed by atoms with E-state index in [1.165, 1.54) is 23.1 Å². The van der Waals surface area contributed by atoms with Crippen LogP contribution >= 0.6 is 15.9 Å². The molecule has 10 nitrogen and oxygen atoms in total. The average molecular weight is 572 g/mol. The second-order valence-corrected chi connectivity index (χ2v) is 9.60. The van der Waals surface area contributed by atoms with Crippen molar-refractivity contribution >= 4 is 45.5 Å². The Kier molecular flexibility index (Phi) is 8.22. The smallest absolute Gasteiger partial charge is 0.331 e. The maximum atomic E-state index is 13.2. The standard InChI is InChI=1S/C26H26BrN3O7/c1-2-36-22-13-17(21(27)14-23(22)37-15-16-8-10-19(11-9-16)30(34)35)12-20-24(31)28-26(33)29(25(20)32)18-6-4-3-5-7-18/h8-14,18H,2-7,15H2,1H3,(H,28,31,33). The monoisotopic (exact) mass is 571 g/mol. The third-order valence-corrected chi connectivity index (χ3v) is 6.96. The van der Waals surface area contributed by atoms with E-state index in [4.69, 9.17) is 9.47 Å². The van der Waals surface area contributed by atoms with E-state index in [-0.39, 0.29) is 23.9 Å². The fourth-order valence-electron chi connectivity index (χ4n) is 4.42. The van der Waals surface area contributed by atoms with Crippen LogP contribution in [0.15, 0.2) is 46.4 Å². The van der Waals surface area contributed by atoms with Crippen molar-refractivity contribution in [3.63, 3.8) is 0 Å². The Bertz CT molecular complexity index is 1250. The fraction of sp³-hybridized carbons (Fsp3) is 0.346. The summed E-state index contributed by atoms with van der Waals surface area (Å²) in [6.07, 6.45) is 5.80. The summed E-state index contributed by atoms with van der Waals surface area (Å²) >= 11 is 3.48. The number of carbonyl (C=O) groups excluding carboxylic acids is 3. The van der Waals surface area contributed by atoms with Crippen LogP contribution < -0.4 is 14.8 Å². The summed E-state index contributed by atoms with van der Waals surface area (Å²) in [4.78, 5) is 49.9. The van der Waals surface area contributed by atoms with Crippen molar-refractivity contribution in [2.24, 2.45) is 0 Å². The fourth-order valence-corrected chi connectivity index (χ4v) is 4.85. The van der Waals surface area contributed by atoms with Gasteiger partial charge in [0.1, 0.15) is 12.2 Å². The number of barbiturate groups is 1. The zero-order valence-corrected chi connectivity index (χ0v) is 21.8. The normalized spacial score (nSPS) is 17.6. The van der Waals surface area contributed by atoms with E-state index in [9.17, 15) is 24.5 Å². The third kappa shape index (κ3) is 5.99. The van der Waals surface area contributed by atoms with Gasteiger partial charge >= 0.3 is 6.03 Å². The number of nitrogens with zero attached hydrogens (tertiary/aromatic N) is 2. The molecule has 4 amide bonds.